The second kappa shape index (κ2) is 5.10. The predicted molar refractivity (Wildman–Crippen MR) is 72.6 cm³/mol. The van der Waals surface area contributed by atoms with Crippen LogP contribution >= 0.6 is 0 Å². The molecule has 0 saturated carbocycles. The summed E-state index contributed by atoms with van der Waals surface area (Å²) in [6.07, 6.45) is 0. The number of benzene rings is 1. The van der Waals surface area contributed by atoms with Crippen molar-refractivity contribution in [2.24, 2.45) is 5.73 Å². The molecule has 106 valence electrons. The minimum Gasteiger partial charge on any atom is -0.439 e. The number of hydrogen-bond donors (Lipinski definition) is 2. The molecule has 1 atom stereocenters. The van der Waals surface area contributed by atoms with E-state index in [1.807, 2.05) is 4.90 Å². The molecule has 0 bridgehead atoms. The highest BCUT2D eigenvalue weighted by molar-refractivity contribution is 5.80. The van der Waals surface area contributed by atoms with E-state index in [0.717, 1.165) is 0 Å². The zero-order valence-electron chi connectivity index (χ0n) is 10.9. The van der Waals surface area contributed by atoms with Crippen LogP contribution < -0.4 is 11.5 Å². The van der Waals surface area contributed by atoms with Gasteiger partial charge in [0.25, 0.3) is 0 Å². The largest absolute Gasteiger partial charge is 0.439 e. The fourth-order valence-electron chi connectivity index (χ4n) is 2.32. The number of ether oxygens (including phenoxy) is 1. The van der Waals surface area contributed by atoms with Crippen LogP contribution in [0.2, 0.25) is 0 Å². The van der Waals surface area contributed by atoms with Gasteiger partial charge in [-0.25, -0.2) is 4.98 Å². The van der Waals surface area contributed by atoms with E-state index < -0.39 is 11.9 Å². The molecule has 2 heterocycles. The number of nitrogen functional groups attached to an aromatic ring is 1. The third kappa shape index (κ3) is 2.45. The number of aromatic nitrogens is 1. The molecule has 1 aromatic carbocycles. The second-order valence-corrected chi connectivity index (χ2v) is 4.80. The topological polar surface area (TPSA) is 108 Å². The first-order valence-corrected chi connectivity index (χ1v) is 6.39. The molecule has 1 amide bonds. The summed E-state index contributed by atoms with van der Waals surface area (Å²) in [6, 6.07) is 4.86. The lowest BCUT2D eigenvalue weighted by atomic mass is 10.2. The Kier molecular flexibility index (Phi) is 3.29. The van der Waals surface area contributed by atoms with Crippen LogP contribution in [-0.2, 0) is 16.1 Å². The number of nitrogens with two attached hydrogens (primary N) is 2. The Morgan fingerprint density at radius 3 is 3.15 bits per heavy atom. The van der Waals surface area contributed by atoms with Crippen molar-refractivity contribution < 1.29 is 13.9 Å². The number of rotatable bonds is 3. The van der Waals surface area contributed by atoms with Crippen LogP contribution in [0.1, 0.15) is 5.89 Å². The molecule has 20 heavy (non-hydrogen) atoms. The molecule has 0 aliphatic carbocycles. The number of carbonyl (C=O) groups excluding carboxylic acids is 1. The van der Waals surface area contributed by atoms with Crippen LogP contribution in [0.15, 0.2) is 22.6 Å². The monoisotopic (exact) mass is 276 g/mol. The molecule has 0 radical (unpaired) electrons. The maximum absolute atomic E-state index is 11.4. The Morgan fingerprint density at radius 2 is 2.35 bits per heavy atom. The van der Waals surface area contributed by atoms with Gasteiger partial charge in [0.1, 0.15) is 11.6 Å². The molecular formula is C13H16N4O3. The van der Waals surface area contributed by atoms with Gasteiger partial charge in [-0.15, -0.1) is 0 Å². The molecule has 7 heteroatoms. The van der Waals surface area contributed by atoms with Crippen LogP contribution in [0.4, 0.5) is 5.69 Å². The van der Waals surface area contributed by atoms with Gasteiger partial charge in [0.15, 0.2) is 5.58 Å². The minimum atomic E-state index is -0.441. The lowest BCUT2D eigenvalue weighted by molar-refractivity contribution is -0.129. The number of morpholine rings is 1. The highest BCUT2D eigenvalue weighted by Crippen LogP contribution is 2.20. The van der Waals surface area contributed by atoms with Crippen LogP contribution in [0.3, 0.4) is 0 Å². The maximum Gasteiger partial charge on any atom is 0.237 e. The first kappa shape index (κ1) is 12.9. The molecule has 1 saturated heterocycles. The van der Waals surface area contributed by atoms with E-state index in [0.29, 0.717) is 49.0 Å². The van der Waals surface area contributed by atoms with Gasteiger partial charge in [0, 0.05) is 12.2 Å². The van der Waals surface area contributed by atoms with Crippen LogP contribution in [0.5, 0.6) is 0 Å². The molecule has 1 unspecified atom stereocenters. The number of amides is 1. The summed E-state index contributed by atoms with van der Waals surface area (Å²) >= 11 is 0. The van der Waals surface area contributed by atoms with E-state index in [2.05, 4.69) is 4.98 Å². The highest BCUT2D eigenvalue weighted by atomic mass is 16.5. The van der Waals surface area contributed by atoms with E-state index in [9.17, 15) is 4.79 Å². The molecule has 2 aromatic rings. The lowest BCUT2D eigenvalue weighted by Crippen LogP contribution is -2.51. The van der Waals surface area contributed by atoms with Crippen LogP contribution in [0.25, 0.3) is 11.1 Å². The number of oxazole rings is 1. The molecular weight excluding hydrogens is 260 g/mol. The Bertz CT molecular complexity index is 640. The van der Waals surface area contributed by atoms with Crippen LogP contribution in [-0.4, -0.2) is 41.6 Å². The van der Waals surface area contributed by atoms with Crippen molar-refractivity contribution in [3.8, 4) is 0 Å². The van der Waals surface area contributed by atoms with Gasteiger partial charge in [-0.1, -0.05) is 0 Å². The summed E-state index contributed by atoms with van der Waals surface area (Å²) in [5, 5.41) is 0. The zero-order chi connectivity index (χ0) is 14.1. The Morgan fingerprint density at radius 1 is 1.50 bits per heavy atom. The molecule has 1 aliphatic heterocycles. The fraction of sp³-hybridized carbons (Fsp3) is 0.385. The average Bonchev–Trinajstić information content (AvgIpc) is 2.80. The SMILES string of the molecule is NC(=O)C1COCCN1Cc1nc2cc(N)ccc2o1. The molecule has 7 nitrogen and oxygen atoms in total. The summed E-state index contributed by atoms with van der Waals surface area (Å²) in [6.45, 7) is 1.92. The summed E-state index contributed by atoms with van der Waals surface area (Å²) in [5.74, 6) is 0.142. The molecule has 1 aromatic heterocycles. The predicted octanol–water partition coefficient (Wildman–Crippen LogP) is 0.0961. The second-order valence-electron chi connectivity index (χ2n) is 4.80. The first-order valence-electron chi connectivity index (χ1n) is 6.39. The van der Waals surface area contributed by atoms with E-state index in [1.54, 1.807) is 18.2 Å². The van der Waals surface area contributed by atoms with Crippen LogP contribution in [0, 0.1) is 0 Å². The Hall–Kier alpha value is -2.12. The first-order chi connectivity index (χ1) is 9.63. The normalized spacial score (nSPS) is 20.3. The van der Waals surface area contributed by atoms with E-state index in [1.165, 1.54) is 0 Å². The third-order valence-corrected chi connectivity index (χ3v) is 3.36. The Labute approximate surface area is 115 Å². The van der Waals surface area contributed by atoms with Crippen molar-refractivity contribution in [3.05, 3.63) is 24.1 Å². The molecule has 1 fully saturated rings. The maximum atomic E-state index is 11.4. The lowest BCUT2D eigenvalue weighted by Gasteiger charge is -2.32. The average molecular weight is 276 g/mol. The quantitative estimate of drug-likeness (QED) is 0.770. The van der Waals surface area contributed by atoms with Gasteiger partial charge >= 0.3 is 0 Å². The number of anilines is 1. The summed E-state index contributed by atoms with van der Waals surface area (Å²) in [4.78, 5) is 17.7. The Balaban J connectivity index is 1.82. The van der Waals surface area contributed by atoms with Crippen molar-refractivity contribution in [1.82, 2.24) is 9.88 Å². The van der Waals surface area contributed by atoms with Crippen molar-refractivity contribution in [1.29, 1.82) is 0 Å². The summed E-state index contributed by atoms with van der Waals surface area (Å²) in [5.41, 5.74) is 13.1. The van der Waals surface area contributed by atoms with Gasteiger partial charge in [-0.2, -0.15) is 0 Å². The zero-order valence-corrected chi connectivity index (χ0v) is 10.9. The molecule has 1 aliphatic rings. The molecule has 4 N–H and O–H groups in total. The number of hydrogen-bond acceptors (Lipinski definition) is 6. The van der Waals surface area contributed by atoms with E-state index in [-0.39, 0.29) is 0 Å². The molecule has 3 rings (SSSR count). The number of fused-ring (bicyclic) bond motifs is 1. The van der Waals surface area contributed by atoms with Gasteiger partial charge in [0.05, 0.1) is 19.8 Å². The van der Waals surface area contributed by atoms with Crippen molar-refractivity contribution in [2.45, 2.75) is 12.6 Å². The third-order valence-electron chi connectivity index (χ3n) is 3.36. The van der Waals surface area contributed by atoms with Crippen molar-refractivity contribution >= 4 is 22.7 Å². The van der Waals surface area contributed by atoms with Gasteiger partial charge in [0.2, 0.25) is 11.8 Å². The number of carbonyl (C=O) groups is 1. The highest BCUT2D eigenvalue weighted by Gasteiger charge is 2.28. The van der Waals surface area contributed by atoms with Gasteiger partial charge in [-0.05, 0) is 18.2 Å². The summed E-state index contributed by atoms with van der Waals surface area (Å²) in [7, 11) is 0. The standard InChI is InChI=1S/C13H16N4O3/c14-8-1-2-11-9(5-8)16-12(20-11)6-17-3-4-19-7-10(17)13(15)18/h1-2,5,10H,3-4,6-7,14H2,(H2,15,18). The smallest absolute Gasteiger partial charge is 0.237 e. The van der Waals surface area contributed by atoms with E-state index >= 15 is 0 Å². The fourth-order valence-corrected chi connectivity index (χ4v) is 2.32. The van der Waals surface area contributed by atoms with Crippen molar-refractivity contribution in [3.63, 3.8) is 0 Å². The molecule has 0 spiro atoms. The minimum absolute atomic E-state index is 0.308. The number of nitrogens with zero attached hydrogens (tertiary/aromatic N) is 2. The van der Waals surface area contributed by atoms with Gasteiger partial charge in [-0.3, -0.25) is 9.69 Å². The number of primary amides is 1. The van der Waals surface area contributed by atoms with E-state index in [4.69, 9.17) is 20.6 Å². The summed E-state index contributed by atoms with van der Waals surface area (Å²) < 4.78 is 10.9. The van der Waals surface area contributed by atoms with Gasteiger partial charge < -0.3 is 20.6 Å². The van der Waals surface area contributed by atoms with Crippen molar-refractivity contribution in [2.75, 3.05) is 25.5 Å².